The fourth-order valence-corrected chi connectivity index (χ4v) is 3.44. The molecule has 1 fully saturated rings. The van der Waals surface area contributed by atoms with E-state index in [0.29, 0.717) is 0 Å². The highest BCUT2D eigenvalue weighted by atomic mass is 16.7. The molecular formula is C26H42BNO4. The molecule has 1 aromatic rings. The standard InChI is InChI=1S/C26H42BNO4/c1-9-10-11-12-13-20-14-16-21(17-15-20)18-22(19-28-23(29)30-24(2,3)4)27-31-25(5,6)26(7,8)32-27/h14-18H,9-13,19H2,1-8H3,(H,28,29). The molecule has 1 N–H and O–H groups in total. The molecule has 2 rings (SSSR count). The van der Waals surface area contributed by atoms with Gasteiger partial charge in [-0.2, -0.15) is 0 Å². The second-order valence-corrected chi connectivity index (χ2v) is 10.7. The average molecular weight is 443 g/mol. The van der Waals surface area contributed by atoms with Crippen LogP contribution >= 0.6 is 0 Å². The van der Waals surface area contributed by atoms with Crippen LogP contribution in [0.2, 0.25) is 0 Å². The molecule has 178 valence electrons. The van der Waals surface area contributed by atoms with Crippen molar-refractivity contribution < 1.29 is 18.8 Å². The molecule has 0 aromatic heterocycles. The lowest BCUT2D eigenvalue weighted by Gasteiger charge is -2.32. The van der Waals surface area contributed by atoms with Gasteiger partial charge < -0.3 is 19.4 Å². The van der Waals surface area contributed by atoms with Crippen LogP contribution in [0.25, 0.3) is 6.08 Å². The van der Waals surface area contributed by atoms with E-state index < -0.39 is 30.0 Å². The molecule has 32 heavy (non-hydrogen) atoms. The van der Waals surface area contributed by atoms with Crippen molar-refractivity contribution in [2.75, 3.05) is 6.54 Å². The maximum absolute atomic E-state index is 12.2. The zero-order chi connectivity index (χ0) is 24.0. The van der Waals surface area contributed by atoms with Gasteiger partial charge in [-0.25, -0.2) is 4.79 Å². The molecule has 6 heteroatoms. The molecular weight excluding hydrogens is 401 g/mol. The first-order chi connectivity index (χ1) is 14.8. The first-order valence-electron chi connectivity index (χ1n) is 11.9. The number of alkyl carbamates (subject to hydrolysis) is 1. The van der Waals surface area contributed by atoms with E-state index in [4.69, 9.17) is 14.0 Å². The van der Waals surface area contributed by atoms with Gasteiger partial charge in [-0.3, -0.25) is 0 Å². The second-order valence-electron chi connectivity index (χ2n) is 10.7. The van der Waals surface area contributed by atoms with Crippen LogP contribution in [-0.2, 0) is 20.5 Å². The third kappa shape index (κ3) is 7.97. The van der Waals surface area contributed by atoms with E-state index in [-0.39, 0.29) is 6.54 Å². The number of ether oxygens (including phenoxy) is 1. The van der Waals surface area contributed by atoms with Crippen molar-refractivity contribution in [3.05, 3.63) is 40.9 Å². The van der Waals surface area contributed by atoms with E-state index in [9.17, 15) is 4.79 Å². The van der Waals surface area contributed by atoms with Gasteiger partial charge in [0.2, 0.25) is 0 Å². The Bertz CT molecular complexity index is 762. The molecule has 1 heterocycles. The van der Waals surface area contributed by atoms with Crippen molar-refractivity contribution >= 4 is 19.3 Å². The van der Waals surface area contributed by atoms with Gasteiger partial charge in [-0.1, -0.05) is 56.5 Å². The Hall–Kier alpha value is -1.79. The van der Waals surface area contributed by atoms with E-state index in [0.717, 1.165) is 17.5 Å². The summed E-state index contributed by atoms with van der Waals surface area (Å²) < 4.78 is 17.9. The first kappa shape index (κ1) is 26.5. The van der Waals surface area contributed by atoms with Gasteiger partial charge in [0, 0.05) is 6.54 Å². The maximum Gasteiger partial charge on any atom is 0.492 e. The van der Waals surface area contributed by atoms with Crippen molar-refractivity contribution in [3.63, 3.8) is 0 Å². The van der Waals surface area contributed by atoms with E-state index in [1.807, 2.05) is 54.5 Å². The minimum absolute atomic E-state index is 0.282. The van der Waals surface area contributed by atoms with Crippen molar-refractivity contribution in [2.24, 2.45) is 0 Å². The van der Waals surface area contributed by atoms with E-state index in [2.05, 4.69) is 36.5 Å². The Morgan fingerprint density at radius 1 is 1.03 bits per heavy atom. The Kier molecular flexibility index (Phi) is 9.01. The highest BCUT2D eigenvalue weighted by Crippen LogP contribution is 2.38. The van der Waals surface area contributed by atoms with Crippen LogP contribution in [0.3, 0.4) is 0 Å². The van der Waals surface area contributed by atoms with Crippen LogP contribution in [0.4, 0.5) is 4.79 Å². The fourth-order valence-electron chi connectivity index (χ4n) is 3.44. The molecule has 1 amide bonds. The molecule has 0 atom stereocenters. The maximum atomic E-state index is 12.2. The number of hydrogen-bond acceptors (Lipinski definition) is 4. The summed E-state index contributed by atoms with van der Waals surface area (Å²) in [5, 5.41) is 2.85. The summed E-state index contributed by atoms with van der Waals surface area (Å²) in [6.45, 7) is 16.2. The third-order valence-electron chi connectivity index (χ3n) is 6.04. The fraction of sp³-hybridized carbons (Fsp3) is 0.654. The number of unbranched alkanes of at least 4 members (excludes halogenated alkanes) is 3. The highest BCUT2D eigenvalue weighted by molar-refractivity contribution is 6.56. The molecule has 1 aromatic carbocycles. The van der Waals surface area contributed by atoms with Gasteiger partial charge >= 0.3 is 13.2 Å². The Balaban J connectivity index is 2.15. The van der Waals surface area contributed by atoms with Crippen LogP contribution < -0.4 is 5.32 Å². The van der Waals surface area contributed by atoms with E-state index >= 15 is 0 Å². The molecule has 1 saturated heterocycles. The molecule has 0 bridgehead atoms. The summed E-state index contributed by atoms with van der Waals surface area (Å²) in [4.78, 5) is 12.2. The van der Waals surface area contributed by atoms with Crippen LogP contribution in [0.15, 0.2) is 29.7 Å². The number of aryl methyl sites for hydroxylation is 1. The summed E-state index contributed by atoms with van der Waals surface area (Å²) in [7, 11) is -0.538. The molecule has 0 unspecified atom stereocenters. The number of amides is 1. The molecule has 1 aliphatic rings. The second kappa shape index (κ2) is 10.9. The first-order valence-corrected chi connectivity index (χ1v) is 11.9. The number of carbonyl (C=O) groups is 1. The highest BCUT2D eigenvalue weighted by Gasteiger charge is 2.52. The molecule has 0 saturated carbocycles. The van der Waals surface area contributed by atoms with Gasteiger partial charge in [-0.15, -0.1) is 0 Å². The molecule has 0 radical (unpaired) electrons. The molecule has 0 aliphatic carbocycles. The minimum atomic E-state index is -0.550. The van der Waals surface area contributed by atoms with Crippen molar-refractivity contribution in [1.82, 2.24) is 5.32 Å². The lowest BCUT2D eigenvalue weighted by atomic mass is 9.77. The Morgan fingerprint density at radius 2 is 1.62 bits per heavy atom. The lowest BCUT2D eigenvalue weighted by molar-refractivity contribution is 0.00578. The SMILES string of the molecule is CCCCCCc1ccc(C=C(CNC(=O)OC(C)(C)C)B2OC(C)(C)C(C)(C)O2)cc1. The summed E-state index contributed by atoms with van der Waals surface area (Å²) in [5.41, 5.74) is 1.80. The number of rotatable bonds is 9. The topological polar surface area (TPSA) is 56.8 Å². The Morgan fingerprint density at radius 3 is 2.16 bits per heavy atom. The summed E-state index contributed by atoms with van der Waals surface area (Å²) in [6.07, 6.45) is 7.74. The smallest absolute Gasteiger partial charge is 0.444 e. The van der Waals surface area contributed by atoms with Gasteiger partial charge in [0.05, 0.1) is 11.2 Å². The number of benzene rings is 1. The quantitative estimate of drug-likeness (QED) is 0.357. The van der Waals surface area contributed by atoms with Crippen LogP contribution in [-0.4, -0.2) is 36.6 Å². The lowest BCUT2D eigenvalue weighted by Crippen LogP contribution is -2.41. The van der Waals surface area contributed by atoms with Gasteiger partial charge in [-0.05, 0) is 77.9 Å². The Labute approximate surface area is 195 Å². The zero-order valence-electron chi connectivity index (χ0n) is 21.3. The third-order valence-corrected chi connectivity index (χ3v) is 6.04. The number of hydrogen-bond donors (Lipinski definition) is 1. The largest absolute Gasteiger partial charge is 0.492 e. The van der Waals surface area contributed by atoms with Crippen molar-refractivity contribution in [2.45, 2.75) is 104 Å². The van der Waals surface area contributed by atoms with Crippen molar-refractivity contribution in [1.29, 1.82) is 0 Å². The van der Waals surface area contributed by atoms with Crippen molar-refractivity contribution in [3.8, 4) is 0 Å². The van der Waals surface area contributed by atoms with Crippen LogP contribution in [0.5, 0.6) is 0 Å². The normalized spacial score (nSPS) is 18.0. The zero-order valence-corrected chi connectivity index (χ0v) is 21.3. The average Bonchev–Trinajstić information content (AvgIpc) is 2.89. The molecule has 0 spiro atoms. The summed E-state index contributed by atoms with van der Waals surface area (Å²) >= 11 is 0. The summed E-state index contributed by atoms with van der Waals surface area (Å²) in [5.74, 6) is 0. The number of nitrogens with one attached hydrogen (secondary N) is 1. The minimum Gasteiger partial charge on any atom is -0.444 e. The van der Waals surface area contributed by atoms with E-state index in [1.165, 1.54) is 31.2 Å². The predicted molar refractivity (Wildman–Crippen MR) is 133 cm³/mol. The molecule has 5 nitrogen and oxygen atoms in total. The summed E-state index contributed by atoms with van der Waals surface area (Å²) in [6, 6.07) is 8.60. The number of carbonyl (C=O) groups excluding carboxylic acids is 1. The van der Waals surface area contributed by atoms with Crippen LogP contribution in [0.1, 0.15) is 92.2 Å². The van der Waals surface area contributed by atoms with Gasteiger partial charge in [0.1, 0.15) is 5.60 Å². The van der Waals surface area contributed by atoms with Gasteiger partial charge in [0.25, 0.3) is 0 Å². The van der Waals surface area contributed by atoms with E-state index in [1.54, 1.807) is 0 Å². The molecule has 1 aliphatic heterocycles. The van der Waals surface area contributed by atoms with Gasteiger partial charge in [0.15, 0.2) is 0 Å². The van der Waals surface area contributed by atoms with Crippen LogP contribution in [0, 0.1) is 0 Å². The predicted octanol–water partition coefficient (Wildman–Crippen LogP) is 6.35. The monoisotopic (exact) mass is 443 g/mol.